The summed E-state index contributed by atoms with van der Waals surface area (Å²) in [6.45, 7) is 6.28. The Labute approximate surface area is 383 Å². The van der Waals surface area contributed by atoms with Gasteiger partial charge in [-0.05, 0) is 147 Å². The highest BCUT2D eigenvalue weighted by Gasteiger charge is 2.74. The van der Waals surface area contributed by atoms with E-state index in [0.717, 1.165) is 114 Å². The Kier molecular flexibility index (Phi) is 7.64. The maximum absolute atomic E-state index is 12.9. The zero-order valence-corrected chi connectivity index (χ0v) is 37.5. The lowest BCUT2D eigenvalue weighted by molar-refractivity contribution is -0.173. The molecule has 6 aliphatic carbocycles. The molecule has 0 amide bonds. The molecule has 4 bridgehead atoms. The van der Waals surface area contributed by atoms with Crippen molar-refractivity contribution in [3.63, 3.8) is 0 Å². The van der Waals surface area contributed by atoms with Gasteiger partial charge in [-0.3, -0.25) is 9.80 Å². The Morgan fingerprint density at radius 1 is 0.682 bits per heavy atom. The normalized spacial score (nSPS) is 33.6. The molecule has 10 aliphatic rings. The van der Waals surface area contributed by atoms with Gasteiger partial charge in [0.1, 0.15) is 0 Å². The number of aromatic amines is 2. The van der Waals surface area contributed by atoms with Crippen molar-refractivity contribution in [3.8, 4) is 23.0 Å². The fourth-order valence-corrected chi connectivity index (χ4v) is 15.8. The molecule has 8 unspecified atom stereocenters. The zero-order chi connectivity index (χ0) is 44.2. The number of nitrogens with one attached hydrogen (secondary N) is 2. The molecule has 2 saturated carbocycles. The van der Waals surface area contributed by atoms with E-state index in [1.807, 2.05) is 6.07 Å². The second kappa shape index (κ2) is 12.9. The van der Waals surface area contributed by atoms with Crippen molar-refractivity contribution in [2.75, 3.05) is 32.8 Å². The monoisotopic (exact) mass is 886 g/mol. The first kappa shape index (κ1) is 39.0. The van der Waals surface area contributed by atoms with Crippen molar-refractivity contribution >= 4 is 21.8 Å². The number of benzene rings is 4. The number of fused-ring (bicyclic) bond motifs is 8. The van der Waals surface area contributed by atoms with Crippen LogP contribution in [0.5, 0.6) is 23.0 Å². The number of hydrogen-bond acceptors (Lipinski definition) is 9. The number of hydrogen-bond donors (Lipinski definition) is 7. The number of piperidine rings is 2. The molecule has 4 aromatic carbocycles. The molecule has 11 heteroatoms. The van der Waals surface area contributed by atoms with E-state index in [-0.39, 0.29) is 42.4 Å². The van der Waals surface area contributed by atoms with Crippen LogP contribution in [-0.4, -0.2) is 101 Å². The highest BCUT2D eigenvalue weighted by atomic mass is 16.5. The summed E-state index contributed by atoms with van der Waals surface area (Å²) in [5, 5.41) is 59.3. The largest absolute Gasteiger partial charge is 0.504 e. The summed E-state index contributed by atoms with van der Waals surface area (Å²) in [6, 6.07) is 20.5. The smallest absolute Gasteiger partial charge is 0.166 e. The van der Waals surface area contributed by atoms with Crippen LogP contribution in [0.2, 0.25) is 0 Å². The van der Waals surface area contributed by atoms with Crippen molar-refractivity contribution < 1.29 is 35.0 Å². The van der Waals surface area contributed by atoms with Gasteiger partial charge in [0, 0.05) is 77.6 Å². The molecule has 16 rings (SSSR count). The Balaban J connectivity index is 0.000000121. The zero-order valence-electron chi connectivity index (χ0n) is 37.5. The number of aliphatic hydroxyl groups is 3. The van der Waals surface area contributed by atoms with E-state index in [4.69, 9.17) is 9.47 Å². The van der Waals surface area contributed by atoms with Gasteiger partial charge < -0.3 is 45.0 Å². The van der Waals surface area contributed by atoms with Gasteiger partial charge in [0.15, 0.2) is 35.2 Å². The number of aryl methyl sites for hydroxylation is 1. The third-order valence-corrected chi connectivity index (χ3v) is 19.0. The Bertz CT molecular complexity index is 3100. The molecule has 8 atom stereocenters. The molecule has 0 radical (unpaired) electrons. The van der Waals surface area contributed by atoms with Crippen LogP contribution in [0.15, 0.2) is 60.7 Å². The fourth-order valence-electron chi connectivity index (χ4n) is 15.8. The molecule has 7 N–H and O–H groups in total. The Hall–Kier alpha value is -5.04. The first-order chi connectivity index (χ1) is 32.0. The van der Waals surface area contributed by atoms with Crippen LogP contribution in [0.1, 0.15) is 107 Å². The van der Waals surface area contributed by atoms with E-state index in [0.29, 0.717) is 30.8 Å². The number of aromatic hydroxyl groups is 2. The van der Waals surface area contributed by atoms with E-state index >= 15 is 0 Å². The third-order valence-electron chi connectivity index (χ3n) is 19.0. The number of aliphatic hydroxyl groups excluding tert-OH is 1. The number of phenolic OH excluding ortho intramolecular Hbond substituents is 2. The molecule has 6 heterocycles. The minimum atomic E-state index is -0.981. The first-order valence-corrected chi connectivity index (χ1v) is 24.9. The molecule has 11 nitrogen and oxygen atoms in total. The van der Waals surface area contributed by atoms with Gasteiger partial charge in [0.25, 0.3) is 0 Å². The number of likely N-dealkylation sites (tertiary alicyclic amines) is 2. The Morgan fingerprint density at radius 2 is 1.24 bits per heavy atom. The average Bonchev–Trinajstić information content (AvgIpc) is 4.16. The van der Waals surface area contributed by atoms with Crippen molar-refractivity contribution in [3.05, 3.63) is 117 Å². The topological polar surface area (TPSA) is 158 Å². The van der Waals surface area contributed by atoms with E-state index in [1.165, 1.54) is 53.3 Å². The molecular weight excluding hydrogens is 829 g/mol. The highest BCUT2D eigenvalue weighted by Crippen LogP contribution is 2.71. The predicted octanol–water partition coefficient (Wildman–Crippen LogP) is 6.99. The summed E-state index contributed by atoms with van der Waals surface area (Å²) < 4.78 is 13.3. The van der Waals surface area contributed by atoms with E-state index in [9.17, 15) is 25.5 Å². The van der Waals surface area contributed by atoms with E-state index in [2.05, 4.69) is 69.2 Å². The van der Waals surface area contributed by atoms with E-state index in [1.54, 1.807) is 12.1 Å². The lowest BCUT2D eigenvalue weighted by atomic mass is 9.49. The number of nitrogens with zero attached hydrogens (tertiary/aromatic N) is 2. The van der Waals surface area contributed by atoms with Crippen LogP contribution in [0, 0.1) is 18.8 Å². The molecule has 2 spiro atoms. The van der Waals surface area contributed by atoms with Crippen LogP contribution in [0.4, 0.5) is 0 Å². The number of rotatable bonds is 6. The summed E-state index contributed by atoms with van der Waals surface area (Å²) in [4.78, 5) is 12.5. The molecule has 6 aromatic rings. The maximum atomic E-state index is 12.9. The van der Waals surface area contributed by atoms with E-state index < -0.39 is 22.0 Å². The average molecular weight is 887 g/mol. The van der Waals surface area contributed by atoms with Crippen LogP contribution in [0.25, 0.3) is 21.8 Å². The Morgan fingerprint density at radius 3 is 1.82 bits per heavy atom. The number of ether oxygens (including phenoxy) is 2. The molecule has 4 aliphatic heterocycles. The van der Waals surface area contributed by atoms with Gasteiger partial charge in [-0.1, -0.05) is 36.4 Å². The minimum Gasteiger partial charge on any atom is -0.504 e. The molecule has 4 fully saturated rings. The molecule has 340 valence electrons. The first-order valence-electron chi connectivity index (χ1n) is 24.9. The van der Waals surface area contributed by atoms with Gasteiger partial charge in [0.05, 0.1) is 33.4 Å². The van der Waals surface area contributed by atoms with Crippen molar-refractivity contribution in [2.45, 2.75) is 124 Å². The van der Waals surface area contributed by atoms with Gasteiger partial charge in [-0.25, -0.2) is 0 Å². The maximum Gasteiger partial charge on any atom is 0.166 e. The fraction of sp³-hybridized carbons (Fsp3) is 0.491. The van der Waals surface area contributed by atoms with Gasteiger partial charge in [-0.2, -0.15) is 0 Å². The lowest BCUT2D eigenvalue weighted by Gasteiger charge is -2.62. The van der Waals surface area contributed by atoms with Gasteiger partial charge in [0.2, 0.25) is 0 Å². The second-order valence-corrected chi connectivity index (χ2v) is 22.2. The lowest BCUT2D eigenvalue weighted by Crippen LogP contribution is -2.74. The number of H-pyrrole nitrogens is 2. The molecule has 2 aromatic heterocycles. The standard InChI is InChI=1S/C28H30N2O4.C27H28N2O3/c31-11-8-16-2-1-3-19-22(16)18-13-28(33)21-12-17-6-7-20(32)25-23(17)27(28,26(34-25)24(18)29-19)9-10-30(21)14-15-4-5-15;1-14-2-6-17-18-12-27(31)21-11-16-5-7-20(30)24-22(16)26(27,8-9-29(21)13-15-3-4-15)25(32-24)23(18)28-19(17)10-14/h1-3,6-7,15,21,26,29,31-33H,4-5,8-14H2;2,5-7,10,15,21,25,28,30-31H,3-4,8-9,11-13H2,1H3. The number of phenols is 2. The van der Waals surface area contributed by atoms with Gasteiger partial charge in [-0.15, -0.1) is 0 Å². The van der Waals surface area contributed by atoms with Crippen molar-refractivity contribution in [1.82, 2.24) is 19.8 Å². The summed E-state index contributed by atoms with van der Waals surface area (Å²) in [5.74, 6) is 3.08. The minimum absolute atomic E-state index is 0.0269. The summed E-state index contributed by atoms with van der Waals surface area (Å²) in [6.07, 6.45) is 9.63. The van der Waals surface area contributed by atoms with Crippen LogP contribution >= 0.6 is 0 Å². The molecule has 2 saturated heterocycles. The van der Waals surface area contributed by atoms with Crippen LogP contribution < -0.4 is 9.47 Å². The molecule has 66 heavy (non-hydrogen) atoms. The SMILES string of the molecule is Cc1ccc2c3c([nH]c2c1)C1Oc2c(O)ccc4c2C12CCN(CC1CC1)C(C4)C2(O)C3.OCCc1cccc2[nH]c3c(c12)CC1(O)C2Cc4ccc(O)c5c4C1(CCN2CC1CC1)C3O5. The second-order valence-electron chi connectivity index (χ2n) is 22.2. The van der Waals surface area contributed by atoms with Crippen molar-refractivity contribution in [2.24, 2.45) is 11.8 Å². The molecular formula is C55H58N4O7. The predicted molar refractivity (Wildman–Crippen MR) is 249 cm³/mol. The number of aromatic nitrogens is 2. The van der Waals surface area contributed by atoms with Crippen molar-refractivity contribution in [1.29, 1.82) is 0 Å². The quantitative estimate of drug-likeness (QED) is 0.0938. The highest BCUT2D eigenvalue weighted by molar-refractivity contribution is 5.90. The van der Waals surface area contributed by atoms with Gasteiger partial charge >= 0.3 is 0 Å². The summed E-state index contributed by atoms with van der Waals surface area (Å²) in [5.41, 5.74) is 10.5. The third kappa shape index (κ3) is 4.71. The van der Waals surface area contributed by atoms with Crippen LogP contribution in [-0.2, 0) is 42.9 Å². The summed E-state index contributed by atoms with van der Waals surface area (Å²) >= 11 is 0. The summed E-state index contributed by atoms with van der Waals surface area (Å²) in [7, 11) is 0. The van der Waals surface area contributed by atoms with Crippen LogP contribution in [0.3, 0.4) is 0 Å².